The lowest BCUT2D eigenvalue weighted by Crippen LogP contribution is -2.05. The molecule has 12 aromatic carbocycles. The van der Waals surface area contributed by atoms with Gasteiger partial charge < -0.3 is 10.3 Å². The number of anilines is 1. The van der Waals surface area contributed by atoms with Gasteiger partial charge in [-0.2, -0.15) is 0 Å². The molecule has 0 fully saturated rings. The SMILES string of the molecule is Cc1c2c(n(-c3ccc(-c4ccc5c6c(cccc46)-c4c-5c(-c5cccc(-c6cccc7ccccc67)c5)c5ccccc5c4-c4cccc(-c5cccc6ccccc56)c4)cc3)c1-c1ccccc1N)CCC=C2. The summed E-state index contributed by atoms with van der Waals surface area (Å²) in [5, 5.41) is 10.0. The van der Waals surface area contributed by atoms with E-state index in [-0.39, 0.29) is 0 Å². The molecule has 2 nitrogen and oxygen atoms in total. The molecule has 0 bridgehead atoms. The Bertz CT molecular complexity index is 4360. The summed E-state index contributed by atoms with van der Waals surface area (Å²) in [6.07, 6.45) is 6.61. The lowest BCUT2D eigenvalue weighted by atomic mass is 9.81. The molecule has 13 aromatic rings. The van der Waals surface area contributed by atoms with Gasteiger partial charge >= 0.3 is 0 Å². The van der Waals surface area contributed by atoms with E-state index in [4.69, 9.17) is 5.73 Å². The summed E-state index contributed by atoms with van der Waals surface area (Å²) in [5.41, 5.74) is 32.2. The van der Waals surface area contributed by atoms with Gasteiger partial charge in [-0.1, -0.05) is 218 Å². The number of aromatic nitrogens is 1. The Labute approximate surface area is 436 Å². The van der Waals surface area contributed by atoms with Gasteiger partial charge in [0.05, 0.1) is 5.69 Å². The molecule has 75 heavy (non-hydrogen) atoms. The lowest BCUT2D eigenvalue weighted by Gasteiger charge is -2.21. The fourth-order valence-electron chi connectivity index (χ4n) is 13.1. The van der Waals surface area contributed by atoms with Crippen molar-refractivity contribution < 1.29 is 0 Å². The number of nitrogens with zero attached hydrogens (tertiary/aromatic N) is 1. The molecular formula is C73H50N2. The van der Waals surface area contributed by atoms with Crippen LogP contribution in [0.5, 0.6) is 0 Å². The van der Waals surface area contributed by atoms with Crippen LogP contribution in [0.25, 0.3) is 144 Å². The third-order valence-electron chi connectivity index (χ3n) is 16.3. The average Bonchev–Trinajstić information content (AvgIpc) is 3.96. The number of allylic oxidation sites excluding steroid dienone is 1. The van der Waals surface area contributed by atoms with Crippen molar-refractivity contribution in [3.05, 3.63) is 259 Å². The highest BCUT2D eigenvalue weighted by molar-refractivity contribution is 6.29. The summed E-state index contributed by atoms with van der Waals surface area (Å²) in [6, 6.07) is 87.8. The second kappa shape index (κ2) is 17.1. The van der Waals surface area contributed by atoms with Crippen molar-refractivity contribution in [2.75, 3.05) is 5.73 Å². The smallest absolute Gasteiger partial charge is 0.0587 e. The van der Waals surface area contributed by atoms with Gasteiger partial charge in [-0.05, 0) is 182 Å². The van der Waals surface area contributed by atoms with E-state index in [1.54, 1.807) is 0 Å². The van der Waals surface area contributed by atoms with E-state index in [1.165, 1.54) is 143 Å². The number of rotatable bonds is 7. The first-order chi connectivity index (χ1) is 37.1. The molecule has 15 rings (SSSR count). The fraction of sp³-hybridized carbons (Fsp3) is 0.0411. The molecule has 2 aliphatic carbocycles. The summed E-state index contributed by atoms with van der Waals surface area (Å²) >= 11 is 0. The van der Waals surface area contributed by atoms with Crippen molar-refractivity contribution in [2.45, 2.75) is 19.8 Å². The van der Waals surface area contributed by atoms with Crippen molar-refractivity contribution in [3.8, 4) is 94.8 Å². The predicted octanol–water partition coefficient (Wildman–Crippen LogP) is 19.6. The highest BCUT2D eigenvalue weighted by atomic mass is 15.0. The van der Waals surface area contributed by atoms with Gasteiger partial charge in [0, 0.05) is 22.6 Å². The van der Waals surface area contributed by atoms with E-state index >= 15 is 0 Å². The maximum atomic E-state index is 6.72. The Hall–Kier alpha value is -9.50. The fourth-order valence-corrected chi connectivity index (χ4v) is 13.1. The zero-order chi connectivity index (χ0) is 49.7. The van der Waals surface area contributed by atoms with Crippen LogP contribution < -0.4 is 5.73 Å². The van der Waals surface area contributed by atoms with Crippen LogP contribution in [0, 0.1) is 6.92 Å². The van der Waals surface area contributed by atoms with Crippen LogP contribution in [0.2, 0.25) is 0 Å². The molecule has 0 saturated heterocycles. The number of fused-ring (bicyclic) bond motifs is 7. The number of hydrogen-bond donors (Lipinski definition) is 1. The van der Waals surface area contributed by atoms with Gasteiger partial charge in [-0.25, -0.2) is 0 Å². The number of hydrogen-bond acceptors (Lipinski definition) is 1. The number of para-hydroxylation sites is 1. The van der Waals surface area contributed by atoms with Crippen LogP contribution in [0.1, 0.15) is 23.2 Å². The van der Waals surface area contributed by atoms with Crippen LogP contribution in [-0.2, 0) is 6.42 Å². The molecule has 2 N–H and O–H groups in total. The molecule has 0 radical (unpaired) electrons. The minimum Gasteiger partial charge on any atom is -0.398 e. The molecule has 0 amide bonds. The van der Waals surface area contributed by atoms with Gasteiger partial charge in [0.1, 0.15) is 0 Å². The van der Waals surface area contributed by atoms with E-state index in [9.17, 15) is 0 Å². The summed E-state index contributed by atoms with van der Waals surface area (Å²) in [4.78, 5) is 0. The minimum atomic E-state index is 0.792. The number of benzene rings is 12. The molecular weight excluding hydrogens is 905 g/mol. The van der Waals surface area contributed by atoms with Crippen LogP contribution >= 0.6 is 0 Å². The molecule has 1 aromatic heterocycles. The van der Waals surface area contributed by atoms with E-state index < -0.39 is 0 Å². The first-order valence-corrected chi connectivity index (χ1v) is 26.3. The zero-order valence-electron chi connectivity index (χ0n) is 41.6. The van der Waals surface area contributed by atoms with Gasteiger partial charge in [0.25, 0.3) is 0 Å². The van der Waals surface area contributed by atoms with Crippen LogP contribution in [-0.4, -0.2) is 4.57 Å². The molecule has 0 saturated carbocycles. The first kappa shape index (κ1) is 43.1. The largest absolute Gasteiger partial charge is 0.398 e. The minimum absolute atomic E-state index is 0.792. The Morgan fingerprint density at radius 1 is 0.373 bits per heavy atom. The molecule has 2 aliphatic rings. The average molecular weight is 955 g/mol. The van der Waals surface area contributed by atoms with Crippen molar-refractivity contribution in [2.24, 2.45) is 0 Å². The van der Waals surface area contributed by atoms with Gasteiger partial charge in [-0.3, -0.25) is 0 Å². The van der Waals surface area contributed by atoms with Gasteiger partial charge in [0.15, 0.2) is 0 Å². The highest BCUT2D eigenvalue weighted by Gasteiger charge is 2.32. The third-order valence-corrected chi connectivity index (χ3v) is 16.3. The zero-order valence-corrected chi connectivity index (χ0v) is 41.6. The van der Waals surface area contributed by atoms with E-state index in [2.05, 4.69) is 248 Å². The Kier molecular flexibility index (Phi) is 9.80. The highest BCUT2D eigenvalue weighted by Crippen LogP contribution is 2.59. The van der Waals surface area contributed by atoms with Gasteiger partial charge in [-0.15, -0.1) is 0 Å². The molecule has 1 heterocycles. The summed E-state index contributed by atoms with van der Waals surface area (Å²) in [5.74, 6) is 0. The summed E-state index contributed by atoms with van der Waals surface area (Å²) < 4.78 is 2.46. The third kappa shape index (κ3) is 6.66. The number of nitrogen functional groups attached to an aromatic ring is 1. The summed E-state index contributed by atoms with van der Waals surface area (Å²) in [7, 11) is 0. The molecule has 0 aliphatic heterocycles. The maximum Gasteiger partial charge on any atom is 0.0587 e. The maximum absolute atomic E-state index is 6.72. The summed E-state index contributed by atoms with van der Waals surface area (Å²) in [6.45, 7) is 2.25. The van der Waals surface area contributed by atoms with Crippen molar-refractivity contribution in [1.82, 2.24) is 4.57 Å². The van der Waals surface area contributed by atoms with Crippen LogP contribution in [0.15, 0.2) is 243 Å². The van der Waals surface area contributed by atoms with Crippen molar-refractivity contribution >= 4 is 54.9 Å². The molecule has 0 atom stereocenters. The predicted molar refractivity (Wildman–Crippen MR) is 319 cm³/mol. The van der Waals surface area contributed by atoms with Crippen LogP contribution in [0.4, 0.5) is 5.69 Å². The van der Waals surface area contributed by atoms with E-state index in [0.29, 0.717) is 0 Å². The number of nitrogens with two attached hydrogens (primary N) is 1. The van der Waals surface area contributed by atoms with E-state index in [1.807, 2.05) is 12.1 Å². The quantitative estimate of drug-likeness (QED) is 0.159. The standard InChI is InChI=1S/C73H50N2/c1-45-54-25-9-11-36-67(54)75(73(45)63-30-8-10-35-66(63)74)53-39-37-48(38-40-53)59-41-42-65-70-60(59)33-16-34-64(70)71-68(51-23-12-21-49(43-51)57-31-14-19-46-17-2-4-26-55(46)57)61-28-6-7-29-62(61)69(72(65)71)52-24-13-22-50(44-52)58-32-15-20-47-18-3-5-27-56(47)58/h2-10,12-35,37-44H,11,36,74H2,1H3. The normalized spacial score (nSPS) is 12.5. The molecule has 352 valence electrons. The second-order valence-electron chi connectivity index (χ2n) is 20.4. The topological polar surface area (TPSA) is 30.9 Å². The van der Waals surface area contributed by atoms with Gasteiger partial charge in [0.2, 0.25) is 0 Å². The Balaban J connectivity index is 0.955. The van der Waals surface area contributed by atoms with E-state index in [0.717, 1.165) is 29.8 Å². The second-order valence-corrected chi connectivity index (χ2v) is 20.4. The monoisotopic (exact) mass is 954 g/mol. The Morgan fingerprint density at radius 2 is 0.840 bits per heavy atom. The molecule has 0 spiro atoms. The Morgan fingerprint density at radius 3 is 1.48 bits per heavy atom. The molecule has 2 heteroatoms. The lowest BCUT2D eigenvalue weighted by molar-refractivity contribution is 0.878. The first-order valence-electron chi connectivity index (χ1n) is 26.3. The molecule has 0 unspecified atom stereocenters. The van der Waals surface area contributed by atoms with Crippen molar-refractivity contribution in [1.29, 1.82) is 0 Å². The van der Waals surface area contributed by atoms with Crippen molar-refractivity contribution in [3.63, 3.8) is 0 Å². The van der Waals surface area contributed by atoms with Crippen LogP contribution in [0.3, 0.4) is 0 Å².